The standard InChI is InChI=1S/C23H41NO2/c1-3-4-5-6-7-8-9-10-11-12-13-14-15-16-17-18-23(25)26-22-19-20-24(2)21-22/h7-8,10-11,22H,3-6,9,12-21H2,1-2H3/b8-7-,11-10-/t22-/m0/s1. The third-order valence-electron chi connectivity index (χ3n) is 4.98. The minimum Gasteiger partial charge on any atom is -0.461 e. The molecule has 1 rings (SSSR count). The Balaban J connectivity index is 1.83. The van der Waals surface area contributed by atoms with Crippen LogP contribution in [0.4, 0.5) is 0 Å². The predicted molar refractivity (Wildman–Crippen MR) is 111 cm³/mol. The molecule has 3 heteroatoms. The van der Waals surface area contributed by atoms with Crippen LogP contribution < -0.4 is 0 Å². The molecule has 3 nitrogen and oxygen atoms in total. The third-order valence-corrected chi connectivity index (χ3v) is 4.98. The molecule has 1 saturated heterocycles. The van der Waals surface area contributed by atoms with Crippen LogP contribution in [0.15, 0.2) is 24.3 Å². The molecule has 0 aromatic heterocycles. The highest BCUT2D eigenvalue weighted by atomic mass is 16.5. The van der Waals surface area contributed by atoms with E-state index in [9.17, 15) is 4.79 Å². The van der Waals surface area contributed by atoms with Crippen molar-refractivity contribution >= 4 is 5.97 Å². The number of unbranched alkanes of at least 4 members (excludes halogenated alkanes) is 8. The van der Waals surface area contributed by atoms with Crippen molar-refractivity contribution < 1.29 is 9.53 Å². The summed E-state index contributed by atoms with van der Waals surface area (Å²) >= 11 is 0. The number of allylic oxidation sites excluding steroid dienone is 4. The Morgan fingerprint density at radius 1 is 0.962 bits per heavy atom. The molecule has 0 aromatic carbocycles. The molecule has 0 saturated carbocycles. The van der Waals surface area contributed by atoms with Crippen molar-refractivity contribution in [3.8, 4) is 0 Å². The van der Waals surface area contributed by atoms with E-state index >= 15 is 0 Å². The molecular formula is C23H41NO2. The molecule has 1 fully saturated rings. The summed E-state index contributed by atoms with van der Waals surface area (Å²) in [4.78, 5) is 14.0. The number of esters is 1. The molecule has 0 aliphatic carbocycles. The smallest absolute Gasteiger partial charge is 0.306 e. The largest absolute Gasteiger partial charge is 0.461 e. The van der Waals surface area contributed by atoms with Gasteiger partial charge in [0, 0.05) is 19.5 Å². The molecule has 150 valence electrons. The van der Waals surface area contributed by atoms with E-state index in [4.69, 9.17) is 4.74 Å². The lowest BCUT2D eigenvalue weighted by Crippen LogP contribution is -2.22. The molecule has 0 aromatic rings. The van der Waals surface area contributed by atoms with E-state index in [1.54, 1.807) is 0 Å². The number of hydrogen-bond acceptors (Lipinski definition) is 3. The van der Waals surface area contributed by atoms with Crippen molar-refractivity contribution in [1.29, 1.82) is 0 Å². The van der Waals surface area contributed by atoms with Gasteiger partial charge in [-0.15, -0.1) is 0 Å². The van der Waals surface area contributed by atoms with Gasteiger partial charge < -0.3 is 9.64 Å². The van der Waals surface area contributed by atoms with Gasteiger partial charge in [-0.05, 0) is 52.0 Å². The van der Waals surface area contributed by atoms with E-state index in [0.29, 0.717) is 6.42 Å². The Labute approximate surface area is 161 Å². The lowest BCUT2D eigenvalue weighted by Gasteiger charge is -2.12. The number of carbonyl (C=O) groups excluding carboxylic acids is 1. The van der Waals surface area contributed by atoms with Gasteiger partial charge in [-0.1, -0.05) is 63.3 Å². The number of likely N-dealkylation sites (N-methyl/N-ethyl adjacent to an activating group) is 1. The van der Waals surface area contributed by atoms with E-state index in [2.05, 4.69) is 43.2 Å². The number of carbonyl (C=O) groups is 1. The van der Waals surface area contributed by atoms with Crippen molar-refractivity contribution in [1.82, 2.24) is 4.90 Å². The van der Waals surface area contributed by atoms with E-state index in [-0.39, 0.29) is 12.1 Å². The second-order valence-corrected chi connectivity index (χ2v) is 7.64. The molecule has 26 heavy (non-hydrogen) atoms. The Hall–Kier alpha value is -1.09. The van der Waals surface area contributed by atoms with E-state index < -0.39 is 0 Å². The maximum Gasteiger partial charge on any atom is 0.306 e. The molecule has 0 radical (unpaired) electrons. The molecule has 1 heterocycles. The highest BCUT2D eigenvalue weighted by molar-refractivity contribution is 5.69. The van der Waals surface area contributed by atoms with Gasteiger partial charge in [0.05, 0.1) is 0 Å². The molecule has 0 unspecified atom stereocenters. The minimum atomic E-state index is -0.00372. The van der Waals surface area contributed by atoms with Crippen LogP contribution >= 0.6 is 0 Å². The number of hydrogen-bond donors (Lipinski definition) is 0. The first kappa shape index (κ1) is 23.0. The Kier molecular flexibility index (Phi) is 14.2. The first-order chi connectivity index (χ1) is 12.7. The topological polar surface area (TPSA) is 29.5 Å². The summed E-state index contributed by atoms with van der Waals surface area (Å²) in [6.07, 6.45) is 24.2. The van der Waals surface area contributed by atoms with Crippen LogP contribution in [0.5, 0.6) is 0 Å². The maximum absolute atomic E-state index is 11.8. The SMILES string of the molecule is CCCCC/C=C\C/C=C\CCCCCCCC(=O)O[C@H]1CCN(C)C1. The van der Waals surface area contributed by atoms with Gasteiger partial charge in [0.2, 0.25) is 0 Å². The van der Waals surface area contributed by atoms with Crippen LogP contribution in [0.1, 0.15) is 90.4 Å². The van der Waals surface area contributed by atoms with Gasteiger partial charge in [-0.2, -0.15) is 0 Å². The summed E-state index contributed by atoms with van der Waals surface area (Å²) in [5.41, 5.74) is 0. The fraction of sp³-hybridized carbons (Fsp3) is 0.783. The van der Waals surface area contributed by atoms with Gasteiger partial charge >= 0.3 is 5.97 Å². The van der Waals surface area contributed by atoms with Crippen LogP contribution in [-0.4, -0.2) is 37.1 Å². The number of likely N-dealkylation sites (tertiary alicyclic amines) is 1. The van der Waals surface area contributed by atoms with E-state index in [1.807, 2.05) is 0 Å². The van der Waals surface area contributed by atoms with Gasteiger partial charge in [0.25, 0.3) is 0 Å². The van der Waals surface area contributed by atoms with Crippen LogP contribution in [0, 0.1) is 0 Å². The monoisotopic (exact) mass is 363 g/mol. The van der Waals surface area contributed by atoms with E-state index in [0.717, 1.165) is 38.8 Å². The normalized spacial score (nSPS) is 18.3. The van der Waals surface area contributed by atoms with Gasteiger partial charge in [0.15, 0.2) is 0 Å². The van der Waals surface area contributed by atoms with Crippen LogP contribution in [-0.2, 0) is 9.53 Å². The molecule has 1 atom stereocenters. The van der Waals surface area contributed by atoms with Crippen LogP contribution in [0.3, 0.4) is 0 Å². The van der Waals surface area contributed by atoms with Crippen LogP contribution in [0.25, 0.3) is 0 Å². The fourth-order valence-corrected chi connectivity index (χ4v) is 3.32. The minimum absolute atomic E-state index is 0.00372. The van der Waals surface area contributed by atoms with Crippen LogP contribution in [0.2, 0.25) is 0 Å². The Bertz CT molecular complexity index is 403. The predicted octanol–water partition coefficient (Wildman–Crippen LogP) is 6.05. The lowest BCUT2D eigenvalue weighted by molar-refractivity contribution is -0.148. The average Bonchev–Trinajstić information content (AvgIpc) is 3.03. The van der Waals surface area contributed by atoms with Crippen molar-refractivity contribution in [2.75, 3.05) is 20.1 Å². The fourth-order valence-electron chi connectivity index (χ4n) is 3.32. The van der Waals surface area contributed by atoms with Gasteiger partial charge in [-0.25, -0.2) is 0 Å². The quantitative estimate of drug-likeness (QED) is 0.202. The third kappa shape index (κ3) is 13.2. The average molecular weight is 364 g/mol. The molecule has 1 aliphatic rings. The van der Waals surface area contributed by atoms with Gasteiger partial charge in [-0.3, -0.25) is 4.79 Å². The van der Waals surface area contributed by atoms with Crippen molar-refractivity contribution in [3.63, 3.8) is 0 Å². The summed E-state index contributed by atoms with van der Waals surface area (Å²) in [6, 6.07) is 0. The molecule has 1 aliphatic heterocycles. The number of nitrogens with zero attached hydrogens (tertiary/aromatic N) is 1. The zero-order valence-corrected chi connectivity index (χ0v) is 17.3. The number of rotatable bonds is 15. The molecule has 0 N–H and O–H groups in total. The first-order valence-electron chi connectivity index (χ1n) is 10.9. The molecular weight excluding hydrogens is 322 g/mol. The van der Waals surface area contributed by atoms with Gasteiger partial charge in [0.1, 0.15) is 6.10 Å². The van der Waals surface area contributed by atoms with Crippen molar-refractivity contribution in [3.05, 3.63) is 24.3 Å². The Morgan fingerprint density at radius 2 is 1.62 bits per heavy atom. The van der Waals surface area contributed by atoms with Crippen molar-refractivity contribution in [2.24, 2.45) is 0 Å². The molecule has 0 amide bonds. The summed E-state index contributed by atoms with van der Waals surface area (Å²) in [6.45, 7) is 4.19. The second kappa shape index (κ2) is 16.1. The highest BCUT2D eigenvalue weighted by Crippen LogP contribution is 2.13. The first-order valence-corrected chi connectivity index (χ1v) is 10.9. The zero-order chi connectivity index (χ0) is 18.9. The maximum atomic E-state index is 11.8. The molecule has 0 spiro atoms. The highest BCUT2D eigenvalue weighted by Gasteiger charge is 2.22. The Morgan fingerprint density at radius 3 is 2.27 bits per heavy atom. The van der Waals surface area contributed by atoms with Crippen molar-refractivity contribution in [2.45, 2.75) is 96.5 Å². The zero-order valence-electron chi connectivity index (χ0n) is 17.3. The summed E-state index contributed by atoms with van der Waals surface area (Å²) in [5, 5.41) is 0. The second-order valence-electron chi connectivity index (χ2n) is 7.64. The number of ether oxygens (including phenoxy) is 1. The lowest BCUT2D eigenvalue weighted by atomic mass is 10.1. The van der Waals surface area contributed by atoms with E-state index in [1.165, 1.54) is 51.4 Å². The summed E-state index contributed by atoms with van der Waals surface area (Å²) < 4.78 is 5.51. The summed E-state index contributed by atoms with van der Waals surface area (Å²) in [7, 11) is 2.08. The summed E-state index contributed by atoms with van der Waals surface area (Å²) in [5.74, 6) is -0.00372. The molecule has 0 bridgehead atoms.